The van der Waals surface area contributed by atoms with E-state index in [4.69, 9.17) is 5.73 Å². The van der Waals surface area contributed by atoms with Crippen molar-refractivity contribution in [3.63, 3.8) is 0 Å². The Balaban J connectivity index is 1.79. The molecule has 0 fully saturated rings. The minimum atomic E-state index is -5.29. The molecule has 2 aromatic rings. The first-order valence-corrected chi connectivity index (χ1v) is 7.58. The van der Waals surface area contributed by atoms with Crippen LogP contribution in [0.1, 0.15) is 12.0 Å². The number of ether oxygens (including phenoxy) is 1. The molecule has 0 saturated carbocycles. The van der Waals surface area contributed by atoms with Gasteiger partial charge in [0.25, 0.3) is 0 Å². The molecule has 2 rings (SSSR count). The Hall–Kier alpha value is -2.88. The summed E-state index contributed by atoms with van der Waals surface area (Å²) in [4.78, 5) is 36.6. The van der Waals surface area contributed by atoms with Gasteiger partial charge in [-0.1, -0.05) is 12.1 Å². The largest absolute Gasteiger partial charge is 0.491 e. The molecule has 1 atom stereocenters. The summed E-state index contributed by atoms with van der Waals surface area (Å²) in [6.45, 7) is 0.216. The second-order valence-electron chi connectivity index (χ2n) is 5.47. The van der Waals surface area contributed by atoms with Gasteiger partial charge in [0, 0.05) is 23.6 Å². The number of benzene rings is 1. The van der Waals surface area contributed by atoms with E-state index < -0.39 is 36.5 Å². The molecular formula is C16H16F3N3O4. The molecule has 140 valence electrons. The Labute approximate surface area is 145 Å². The normalized spacial score (nSPS) is 12.6. The third kappa shape index (κ3) is 5.06. The van der Waals surface area contributed by atoms with Crippen LogP contribution in [0.4, 0.5) is 13.2 Å². The van der Waals surface area contributed by atoms with Gasteiger partial charge in [0.1, 0.15) is 0 Å². The van der Waals surface area contributed by atoms with E-state index in [0.717, 1.165) is 16.5 Å². The van der Waals surface area contributed by atoms with E-state index in [1.165, 1.54) is 0 Å². The number of fused-ring (bicyclic) bond motifs is 1. The molecule has 0 saturated heterocycles. The molecule has 0 radical (unpaired) electrons. The SMILES string of the molecule is N[C@@H](CC(=O)OC(=O)C(F)(F)F)C(=O)NCCc1cccc2[nH]ccc12. The van der Waals surface area contributed by atoms with Crippen molar-refractivity contribution in [2.24, 2.45) is 5.73 Å². The number of hydrogen-bond donors (Lipinski definition) is 3. The smallest absolute Gasteiger partial charge is 0.386 e. The Bertz CT molecular complexity index is 816. The minimum absolute atomic E-state index is 0.216. The molecular weight excluding hydrogens is 355 g/mol. The predicted octanol–water partition coefficient (Wildman–Crippen LogP) is 1.18. The van der Waals surface area contributed by atoms with Gasteiger partial charge in [-0.3, -0.25) is 9.59 Å². The molecule has 0 unspecified atom stereocenters. The van der Waals surface area contributed by atoms with Crippen molar-refractivity contribution in [3.8, 4) is 0 Å². The van der Waals surface area contributed by atoms with Gasteiger partial charge in [0.15, 0.2) is 0 Å². The minimum Gasteiger partial charge on any atom is -0.386 e. The first kappa shape index (κ1) is 19.4. The van der Waals surface area contributed by atoms with Gasteiger partial charge in [0.05, 0.1) is 12.5 Å². The lowest BCUT2D eigenvalue weighted by atomic mass is 10.1. The lowest BCUT2D eigenvalue weighted by molar-refractivity contribution is -0.202. The van der Waals surface area contributed by atoms with Crippen LogP contribution < -0.4 is 11.1 Å². The highest BCUT2D eigenvalue weighted by Crippen LogP contribution is 2.18. The molecule has 0 spiro atoms. The van der Waals surface area contributed by atoms with Gasteiger partial charge in [0.2, 0.25) is 5.91 Å². The highest BCUT2D eigenvalue weighted by molar-refractivity contribution is 5.92. The second kappa shape index (κ2) is 8.00. The molecule has 1 amide bonds. The summed E-state index contributed by atoms with van der Waals surface area (Å²) < 4.78 is 39.5. The molecule has 4 N–H and O–H groups in total. The summed E-state index contributed by atoms with van der Waals surface area (Å²) in [5, 5.41) is 3.49. The first-order valence-electron chi connectivity index (χ1n) is 7.58. The Morgan fingerprint density at radius 1 is 1.23 bits per heavy atom. The van der Waals surface area contributed by atoms with E-state index in [2.05, 4.69) is 15.0 Å². The molecule has 0 bridgehead atoms. The van der Waals surface area contributed by atoms with Crippen LogP contribution in [0.5, 0.6) is 0 Å². The van der Waals surface area contributed by atoms with Gasteiger partial charge in [-0.25, -0.2) is 4.79 Å². The van der Waals surface area contributed by atoms with Crippen LogP contribution in [0.3, 0.4) is 0 Å². The first-order chi connectivity index (χ1) is 12.2. The van der Waals surface area contributed by atoms with Crippen LogP contribution in [0.15, 0.2) is 30.5 Å². The number of nitrogens with one attached hydrogen (secondary N) is 2. The van der Waals surface area contributed by atoms with Crippen LogP contribution in [0.25, 0.3) is 10.9 Å². The van der Waals surface area contributed by atoms with Gasteiger partial charge < -0.3 is 20.8 Å². The molecule has 1 aromatic heterocycles. The Kier molecular flexibility index (Phi) is 5.98. The molecule has 1 heterocycles. The van der Waals surface area contributed by atoms with Gasteiger partial charge in [-0.15, -0.1) is 0 Å². The number of hydrogen-bond acceptors (Lipinski definition) is 5. The fourth-order valence-electron chi connectivity index (χ4n) is 2.30. The van der Waals surface area contributed by atoms with E-state index in [1.807, 2.05) is 24.3 Å². The van der Waals surface area contributed by atoms with Crippen LogP contribution >= 0.6 is 0 Å². The number of alkyl halides is 3. The van der Waals surface area contributed by atoms with Crippen molar-refractivity contribution < 1.29 is 32.3 Å². The Morgan fingerprint density at radius 3 is 2.65 bits per heavy atom. The maximum absolute atomic E-state index is 12.0. The average molecular weight is 371 g/mol. The third-order valence-corrected chi connectivity index (χ3v) is 3.54. The van der Waals surface area contributed by atoms with E-state index in [1.54, 1.807) is 6.20 Å². The Morgan fingerprint density at radius 2 is 1.96 bits per heavy atom. The number of rotatable bonds is 6. The van der Waals surface area contributed by atoms with E-state index in [-0.39, 0.29) is 6.54 Å². The quantitative estimate of drug-likeness (QED) is 0.521. The van der Waals surface area contributed by atoms with Crippen LogP contribution in [0.2, 0.25) is 0 Å². The van der Waals surface area contributed by atoms with Crippen molar-refractivity contribution >= 4 is 28.7 Å². The fourth-order valence-corrected chi connectivity index (χ4v) is 2.30. The number of nitrogens with two attached hydrogens (primary N) is 1. The number of halogens is 3. The average Bonchev–Trinajstić information content (AvgIpc) is 3.03. The number of carbonyl (C=O) groups is 3. The van der Waals surface area contributed by atoms with Crippen molar-refractivity contribution in [1.29, 1.82) is 0 Å². The molecule has 0 aliphatic carbocycles. The summed E-state index contributed by atoms with van der Waals surface area (Å²) >= 11 is 0. The van der Waals surface area contributed by atoms with Crippen molar-refractivity contribution in [1.82, 2.24) is 10.3 Å². The van der Waals surface area contributed by atoms with Gasteiger partial charge in [-0.2, -0.15) is 13.2 Å². The summed E-state index contributed by atoms with van der Waals surface area (Å²) in [7, 11) is 0. The van der Waals surface area contributed by atoms with Crippen molar-refractivity contribution in [2.75, 3.05) is 6.54 Å². The van der Waals surface area contributed by atoms with E-state index in [9.17, 15) is 27.6 Å². The lowest BCUT2D eigenvalue weighted by Crippen LogP contribution is -2.43. The predicted molar refractivity (Wildman–Crippen MR) is 84.8 cm³/mol. The summed E-state index contributed by atoms with van der Waals surface area (Å²) in [6, 6.07) is 6.12. The molecule has 0 aliphatic rings. The van der Waals surface area contributed by atoms with Crippen molar-refractivity contribution in [3.05, 3.63) is 36.0 Å². The molecule has 0 aliphatic heterocycles. The van der Waals surface area contributed by atoms with Crippen molar-refractivity contribution in [2.45, 2.75) is 25.1 Å². The number of aromatic amines is 1. The molecule has 26 heavy (non-hydrogen) atoms. The zero-order valence-corrected chi connectivity index (χ0v) is 13.4. The molecule has 10 heteroatoms. The molecule has 7 nitrogen and oxygen atoms in total. The zero-order chi connectivity index (χ0) is 19.3. The number of amides is 1. The monoisotopic (exact) mass is 371 g/mol. The van der Waals surface area contributed by atoms with E-state index >= 15 is 0 Å². The number of carbonyl (C=O) groups excluding carboxylic acids is 3. The molecule has 1 aromatic carbocycles. The highest BCUT2D eigenvalue weighted by Gasteiger charge is 2.42. The highest BCUT2D eigenvalue weighted by atomic mass is 19.4. The maximum Gasteiger partial charge on any atom is 0.491 e. The van der Waals surface area contributed by atoms with E-state index in [0.29, 0.717) is 6.42 Å². The van der Waals surface area contributed by atoms with Crippen LogP contribution in [-0.2, 0) is 25.5 Å². The lowest BCUT2D eigenvalue weighted by Gasteiger charge is -2.12. The fraction of sp³-hybridized carbons (Fsp3) is 0.312. The maximum atomic E-state index is 12.0. The number of esters is 2. The summed E-state index contributed by atoms with van der Waals surface area (Å²) in [5.74, 6) is -4.90. The summed E-state index contributed by atoms with van der Waals surface area (Å²) in [6.07, 6.45) is -3.86. The van der Waals surface area contributed by atoms with Crippen LogP contribution in [-0.4, -0.2) is 41.6 Å². The zero-order valence-electron chi connectivity index (χ0n) is 13.4. The number of H-pyrrole nitrogens is 1. The number of aromatic nitrogens is 1. The van der Waals surface area contributed by atoms with Crippen LogP contribution in [0, 0.1) is 0 Å². The summed E-state index contributed by atoms with van der Waals surface area (Å²) in [5.41, 5.74) is 7.37. The topological polar surface area (TPSA) is 114 Å². The van der Waals surface area contributed by atoms with Gasteiger partial charge >= 0.3 is 18.1 Å². The standard InChI is InChI=1S/C16H16F3N3O4/c17-16(18,19)15(25)26-13(23)8-11(20)14(24)22-6-4-9-2-1-3-12-10(9)5-7-21-12/h1-3,5,7,11,21H,4,6,8,20H2,(H,22,24)/t11-/m0/s1. The van der Waals surface area contributed by atoms with Gasteiger partial charge in [-0.05, 0) is 24.1 Å². The third-order valence-electron chi connectivity index (χ3n) is 3.54. The second-order valence-corrected chi connectivity index (χ2v) is 5.47.